The number of hydrogen-bond donors (Lipinski definition) is 0. The maximum Gasteiger partial charge on any atom is 0.316 e. The molecule has 7 heteroatoms. The minimum absolute atomic E-state index is 0.162. The molecule has 0 amide bonds. The molecule has 162 valence electrons. The van der Waals surface area contributed by atoms with Gasteiger partial charge in [-0.3, -0.25) is 9.69 Å². The zero-order valence-corrected chi connectivity index (χ0v) is 19.9. The molecule has 3 unspecified atom stereocenters. The minimum Gasteiger partial charge on any atom is -0.426 e. The molecule has 3 aliphatic rings. The summed E-state index contributed by atoms with van der Waals surface area (Å²) >= 11 is 9.93. The summed E-state index contributed by atoms with van der Waals surface area (Å²) in [5, 5.41) is 0.620. The Labute approximate surface area is 203 Å². The van der Waals surface area contributed by atoms with E-state index in [-0.39, 0.29) is 17.8 Å². The van der Waals surface area contributed by atoms with E-state index < -0.39 is 5.54 Å². The molecule has 4 aromatic rings. The van der Waals surface area contributed by atoms with E-state index in [1.165, 1.54) is 0 Å². The Kier molecular flexibility index (Phi) is 3.95. The molecule has 1 fully saturated rings. The number of halogens is 2. The second-order valence-electron chi connectivity index (χ2n) is 8.93. The Morgan fingerprint density at radius 3 is 2.82 bits per heavy atom. The number of likely N-dealkylation sites (tertiary alicyclic amines) is 1. The summed E-state index contributed by atoms with van der Waals surface area (Å²) in [5.74, 6) is -0.0552. The summed E-state index contributed by atoms with van der Waals surface area (Å²) in [6.07, 6.45) is 0. The van der Waals surface area contributed by atoms with Crippen LogP contribution in [0.15, 0.2) is 65.1 Å². The van der Waals surface area contributed by atoms with Gasteiger partial charge in [0.05, 0.1) is 33.9 Å². The molecular weight excluding hydrogens is 502 g/mol. The van der Waals surface area contributed by atoms with Crippen LogP contribution in [0.2, 0.25) is 5.02 Å². The molecule has 1 spiro atoms. The van der Waals surface area contributed by atoms with Crippen molar-refractivity contribution in [2.45, 2.75) is 11.5 Å². The average Bonchev–Trinajstić information content (AvgIpc) is 3.27. The van der Waals surface area contributed by atoms with E-state index in [9.17, 15) is 4.79 Å². The van der Waals surface area contributed by atoms with E-state index in [0.717, 1.165) is 43.6 Å². The van der Waals surface area contributed by atoms with Crippen LogP contribution < -0.4 is 4.74 Å². The summed E-state index contributed by atoms with van der Waals surface area (Å²) in [6.45, 7) is 0.568. The quantitative estimate of drug-likeness (QED) is 0.226. The van der Waals surface area contributed by atoms with Crippen LogP contribution in [0.5, 0.6) is 5.75 Å². The third-order valence-electron chi connectivity index (χ3n) is 7.33. The van der Waals surface area contributed by atoms with Crippen LogP contribution in [-0.4, -0.2) is 34.4 Å². The molecule has 0 N–H and O–H groups in total. The van der Waals surface area contributed by atoms with Crippen molar-refractivity contribution >= 4 is 44.5 Å². The summed E-state index contributed by atoms with van der Waals surface area (Å²) < 4.78 is 6.72. The van der Waals surface area contributed by atoms with Gasteiger partial charge < -0.3 is 4.74 Å². The van der Waals surface area contributed by atoms with Crippen molar-refractivity contribution in [3.63, 3.8) is 0 Å². The van der Waals surface area contributed by atoms with Crippen molar-refractivity contribution in [3.8, 4) is 17.0 Å². The topological polar surface area (TPSA) is 55.3 Å². The molecule has 0 bridgehead atoms. The standard InChI is InChI=1S/C26H17BrClN3O2/c1-31-12-17-22(16-10-13(27)6-9-21(16)33-25(17)32)26(31)18-5-3-2-4-15(18)23-24(26)30-20-11-14(28)7-8-19(20)29-23/h2-11,17,22H,12H2,1H3. The number of ether oxygens (including phenoxy) is 1. The fraction of sp³-hybridized carbons (Fsp3) is 0.192. The second-order valence-corrected chi connectivity index (χ2v) is 10.3. The normalized spacial score (nSPS) is 25.0. The molecule has 33 heavy (non-hydrogen) atoms. The van der Waals surface area contributed by atoms with Crippen LogP contribution >= 0.6 is 27.5 Å². The summed E-state index contributed by atoms with van der Waals surface area (Å²) in [5.41, 5.74) is 5.82. The van der Waals surface area contributed by atoms with Crippen molar-refractivity contribution in [3.05, 3.63) is 87.0 Å². The molecule has 0 saturated carbocycles. The summed E-state index contributed by atoms with van der Waals surface area (Å²) in [4.78, 5) is 25.7. The SMILES string of the molecule is CN1CC2C(=O)Oc3ccc(Br)cc3C2C12c1ccccc1-c1nc3ccc(Cl)cc3nc12. The Bertz CT molecular complexity index is 1520. The van der Waals surface area contributed by atoms with Gasteiger partial charge in [0.1, 0.15) is 5.75 Å². The van der Waals surface area contributed by atoms with Crippen LogP contribution in [0, 0.1) is 5.92 Å². The molecule has 1 aromatic heterocycles. The first-order valence-electron chi connectivity index (χ1n) is 10.8. The van der Waals surface area contributed by atoms with Gasteiger partial charge in [0.25, 0.3) is 0 Å². The lowest BCUT2D eigenvalue weighted by Crippen LogP contribution is -2.44. The van der Waals surface area contributed by atoms with Crippen molar-refractivity contribution in [2.75, 3.05) is 13.6 Å². The lowest BCUT2D eigenvalue weighted by atomic mass is 9.70. The molecule has 3 aromatic carbocycles. The first-order chi connectivity index (χ1) is 16.0. The molecule has 3 atom stereocenters. The van der Waals surface area contributed by atoms with Gasteiger partial charge >= 0.3 is 5.97 Å². The molecular formula is C26H17BrClN3O2. The van der Waals surface area contributed by atoms with Crippen LogP contribution in [-0.2, 0) is 10.3 Å². The van der Waals surface area contributed by atoms with Crippen molar-refractivity contribution in [1.29, 1.82) is 0 Å². The number of fused-ring (bicyclic) bond motifs is 10. The van der Waals surface area contributed by atoms with Gasteiger partial charge in [0.2, 0.25) is 0 Å². The fourth-order valence-corrected chi connectivity index (χ4v) is 6.64. The van der Waals surface area contributed by atoms with Crippen molar-refractivity contribution in [2.24, 2.45) is 5.92 Å². The first-order valence-corrected chi connectivity index (χ1v) is 12.0. The molecule has 1 saturated heterocycles. The highest BCUT2D eigenvalue weighted by molar-refractivity contribution is 9.10. The van der Waals surface area contributed by atoms with Gasteiger partial charge in [-0.1, -0.05) is 51.8 Å². The Morgan fingerprint density at radius 1 is 1.09 bits per heavy atom. The van der Waals surface area contributed by atoms with Crippen LogP contribution in [0.25, 0.3) is 22.3 Å². The number of nitrogens with zero attached hydrogens (tertiary/aromatic N) is 3. The van der Waals surface area contributed by atoms with E-state index in [2.05, 4.69) is 46.1 Å². The van der Waals surface area contributed by atoms with Gasteiger partial charge in [-0.2, -0.15) is 0 Å². The number of rotatable bonds is 0. The van der Waals surface area contributed by atoms with E-state index in [0.29, 0.717) is 17.3 Å². The van der Waals surface area contributed by atoms with Crippen LogP contribution in [0.4, 0.5) is 0 Å². The number of hydrogen-bond acceptors (Lipinski definition) is 5. The number of benzene rings is 3. The van der Waals surface area contributed by atoms with Crippen molar-refractivity contribution < 1.29 is 9.53 Å². The Morgan fingerprint density at radius 2 is 1.94 bits per heavy atom. The average molecular weight is 519 g/mol. The lowest BCUT2D eigenvalue weighted by Gasteiger charge is -2.40. The minimum atomic E-state index is -0.644. The predicted molar refractivity (Wildman–Crippen MR) is 129 cm³/mol. The monoisotopic (exact) mass is 517 g/mol. The summed E-state index contributed by atoms with van der Waals surface area (Å²) in [7, 11) is 2.07. The Hall–Kier alpha value is -2.80. The highest BCUT2D eigenvalue weighted by atomic mass is 79.9. The number of carbonyl (C=O) groups is 1. The van der Waals surface area contributed by atoms with Gasteiger partial charge in [0.15, 0.2) is 0 Å². The van der Waals surface area contributed by atoms with E-state index in [4.69, 9.17) is 26.3 Å². The van der Waals surface area contributed by atoms with Gasteiger partial charge in [-0.05, 0) is 49.0 Å². The van der Waals surface area contributed by atoms with Crippen LogP contribution in [0.3, 0.4) is 0 Å². The van der Waals surface area contributed by atoms with Gasteiger partial charge in [0, 0.05) is 33.1 Å². The zero-order valence-electron chi connectivity index (χ0n) is 17.5. The molecule has 5 nitrogen and oxygen atoms in total. The molecule has 2 aliphatic heterocycles. The molecule has 1 aliphatic carbocycles. The number of aromatic nitrogens is 2. The highest BCUT2D eigenvalue weighted by Crippen LogP contribution is 2.63. The fourth-order valence-electron chi connectivity index (χ4n) is 6.10. The summed E-state index contributed by atoms with van der Waals surface area (Å²) in [6, 6.07) is 19.8. The van der Waals surface area contributed by atoms with E-state index in [1.807, 2.05) is 42.5 Å². The molecule has 3 heterocycles. The third-order valence-corrected chi connectivity index (χ3v) is 8.05. The smallest absolute Gasteiger partial charge is 0.316 e. The van der Waals surface area contributed by atoms with Crippen molar-refractivity contribution in [1.82, 2.24) is 14.9 Å². The largest absolute Gasteiger partial charge is 0.426 e. The second kappa shape index (κ2) is 6.63. The number of carbonyl (C=O) groups excluding carboxylic acids is 1. The zero-order chi connectivity index (χ0) is 22.5. The first kappa shape index (κ1) is 19.6. The van der Waals surface area contributed by atoms with E-state index >= 15 is 0 Å². The molecule has 7 rings (SSSR count). The van der Waals surface area contributed by atoms with Gasteiger partial charge in [-0.25, -0.2) is 9.97 Å². The maximum atomic E-state index is 13.2. The van der Waals surface area contributed by atoms with E-state index in [1.54, 1.807) is 0 Å². The number of esters is 1. The third kappa shape index (κ3) is 2.43. The lowest BCUT2D eigenvalue weighted by molar-refractivity contribution is -0.140. The number of likely N-dealkylation sites (N-methyl/N-ethyl adjacent to an activating group) is 1. The van der Waals surface area contributed by atoms with Crippen LogP contribution in [0.1, 0.15) is 22.7 Å². The highest BCUT2D eigenvalue weighted by Gasteiger charge is 2.64. The predicted octanol–water partition coefficient (Wildman–Crippen LogP) is 5.53. The Balaban J connectivity index is 1.61. The van der Waals surface area contributed by atoms with Gasteiger partial charge in [-0.15, -0.1) is 0 Å². The maximum absolute atomic E-state index is 13.2. The molecule has 0 radical (unpaired) electrons.